The average molecular weight is 345 g/mol. The number of nitrogens with zero attached hydrogens (tertiary/aromatic N) is 1. The highest BCUT2D eigenvalue weighted by atomic mass is 32.2. The number of rotatable bonds is 3. The van der Waals surface area contributed by atoms with E-state index in [0.717, 1.165) is 16.7 Å². The highest BCUT2D eigenvalue weighted by Crippen LogP contribution is 2.34. The molecular formula is C17H12FNO4S. The maximum Gasteiger partial charge on any atom is 0.293 e. The van der Waals surface area contributed by atoms with Crippen LogP contribution < -0.4 is 0 Å². The summed E-state index contributed by atoms with van der Waals surface area (Å²) < 4.78 is 13.7. The van der Waals surface area contributed by atoms with Gasteiger partial charge in [0.25, 0.3) is 11.1 Å². The molecule has 1 saturated heterocycles. The Balaban J connectivity index is 1.84. The molecule has 1 aliphatic heterocycles. The number of benzene rings is 2. The Morgan fingerprint density at radius 2 is 1.83 bits per heavy atom. The van der Waals surface area contributed by atoms with E-state index >= 15 is 0 Å². The topological polar surface area (TPSA) is 77.8 Å². The number of aromatic hydroxyl groups is 2. The standard InChI is InChI=1S/C17H12FNO4S/c18-12-4-2-1-3-11(12)9-19-16(22)15(24-17(19)23)8-10-5-6-13(20)14(21)7-10/h1-8,20-21H,9H2/b15-8-. The number of imide groups is 1. The molecule has 0 aromatic heterocycles. The number of phenols is 2. The smallest absolute Gasteiger partial charge is 0.293 e. The van der Waals surface area contributed by atoms with E-state index in [9.17, 15) is 24.2 Å². The summed E-state index contributed by atoms with van der Waals surface area (Å²) in [7, 11) is 0. The van der Waals surface area contributed by atoms with Gasteiger partial charge in [-0.1, -0.05) is 24.3 Å². The second-order valence-corrected chi connectivity index (χ2v) is 6.10. The molecular weight excluding hydrogens is 333 g/mol. The molecule has 1 heterocycles. The summed E-state index contributed by atoms with van der Waals surface area (Å²) in [5, 5.41) is 18.3. The molecule has 24 heavy (non-hydrogen) atoms. The Hall–Kier alpha value is -2.80. The molecule has 2 amide bonds. The zero-order valence-corrected chi connectivity index (χ0v) is 13.1. The molecule has 0 saturated carbocycles. The van der Waals surface area contributed by atoms with Crippen molar-refractivity contribution in [3.8, 4) is 11.5 Å². The van der Waals surface area contributed by atoms with Gasteiger partial charge in [0.15, 0.2) is 11.5 Å². The maximum absolute atomic E-state index is 13.7. The molecule has 2 aromatic rings. The van der Waals surface area contributed by atoms with E-state index in [1.54, 1.807) is 6.07 Å². The molecule has 1 fully saturated rings. The number of amides is 2. The van der Waals surface area contributed by atoms with Crippen LogP contribution in [-0.2, 0) is 11.3 Å². The van der Waals surface area contributed by atoms with E-state index in [-0.39, 0.29) is 28.5 Å². The van der Waals surface area contributed by atoms with Crippen LogP contribution in [0.1, 0.15) is 11.1 Å². The van der Waals surface area contributed by atoms with Crippen molar-refractivity contribution in [3.63, 3.8) is 0 Å². The van der Waals surface area contributed by atoms with Gasteiger partial charge in [0.2, 0.25) is 0 Å². The third-order valence-electron chi connectivity index (χ3n) is 3.46. The van der Waals surface area contributed by atoms with E-state index in [2.05, 4.69) is 0 Å². The summed E-state index contributed by atoms with van der Waals surface area (Å²) in [6.45, 7) is -0.143. The molecule has 3 rings (SSSR count). The summed E-state index contributed by atoms with van der Waals surface area (Å²) in [5.41, 5.74) is 0.713. The van der Waals surface area contributed by atoms with Crippen LogP contribution in [0.2, 0.25) is 0 Å². The number of phenolic OH excluding ortho intramolecular Hbond substituents is 2. The van der Waals surface area contributed by atoms with Crippen molar-refractivity contribution in [2.75, 3.05) is 0 Å². The molecule has 0 aliphatic carbocycles. The molecule has 2 aromatic carbocycles. The molecule has 0 bridgehead atoms. The average Bonchev–Trinajstić information content (AvgIpc) is 2.80. The van der Waals surface area contributed by atoms with Crippen molar-refractivity contribution in [1.82, 2.24) is 4.90 Å². The van der Waals surface area contributed by atoms with Gasteiger partial charge in [0.1, 0.15) is 5.82 Å². The summed E-state index contributed by atoms with van der Waals surface area (Å²) in [6.07, 6.45) is 1.44. The molecule has 0 spiro atoms. The Kier molecular flexibility index (Phi) is 4.26. The molecule has 5 nitrogen and oxygen atoms in total. The van der Waals surface area contributed by atoms with Crippen molar-refractivity contribution in [2.24, 2.45) is 0 Å². The van der Waals surface area contributed by atoms with Crippen LogP contribution in [0.3, 0.4) is 0 Å². The number of thioether (sulfide) groups is 1. The second-order valence-electron chi connectivity index (χ2n) is 5.11. The van der Waals surface area contributed by atoms with Crippen LogP contribution >= 0.6 is 11.8 Å². The third-order valence-corrected chi connectivity index (χ3v) is 4.36. The van der Waals surface area contributed by atoms with E-state index < -0.39 is 17.0 Å². The predicted molar refractivity (Wildman–Crippen MR) is 87.7 cm³/mol. The second kappa shape index (κ2) is 6.37. The van der Waals surface area contributed by atoms with Gasteiger partial charge in [-0.3, -0.25) is 14.5 Å². The Bertz CT molecular complexity index is 865. The first-order valence-corrected chi connectivity index (χ1v) is 7.78. The highest BCUT2D eigenvalue weighted by Gasteiger charge is 2.35. The summed E-state index contributed by atoms with van der Waals surface area (Å²) in [4.78, 5) is 25.5. The predicted octanol–water partition coefficient (Wildman–Crippen LogP) is 3.47. The minimum Gasteiger partial charge on any atom is -0.504 e. The van der Waals surface area contributed by atoms with Gasteiger partial charge in [-0.25, -0.2) is 4.39 Å². The molecule has 2 N–H and O–H groups in total. The first kappa shape index (κ1) is 16.1. The van der Waals surface area contributed by atoms with Crippen molar-refractivity contribution < 1.29 is 24.2 Å². The Labute approximate surface area is 141 Å². The summed E-state index contributed by atoms with van der Waals surface area (Å²) in [5.74, 6) is -1.61. The molecule has 0 unspecified atom stereocenters. The van der Waals surface area contributed by atoms with Crippen LogP contribution in [0.25, 0.3) is 6.08 Å². The fourth-order valence-corrected chi connectivity index (χ4v) is 3.05. The first-order valence-electron chi connectivity index (χ1n) is 6.96. The van der Waals surface area contributed by atoms with Gasteiger partial charge in [-0.15, -0.1) is 0 Å². The lowest BCUT2D eigenvalue weighted by atomic mass is 10.1. The van der Waals surface area contributed by atoms with E-state index in [0.29, 0.717) is 5.56 Å². The van der Waals surface area contributed by atoms with Crippen LogP contribution in [0.15, 0.2) is 47.4 Å². The van der Waals surface area contributed by atoms with Crippen LogP contribution in [0.4, 0.5) is 9.18 Å². The quantitative estimate of drug-likeness (QED) is 0.658. The van der Waals surface area contributed by atoms with Gasteiger partial charge in [0.05, 0.1) is 11.4 Å². The zero-order valence-electron chi connectivity index (χ0n) is 12.3. The highest BCUT2D eigenvalue weighted by molar-refractivity contribution is 8.18. The third kappa shape index (κ3) is 3.11. The maximum atomic E-state index is 13.7. The van der Waals surface area contributed by atoms with Crippen molar-refractivity contribution in [3.05, 3.63) is 64.3 Å². The van der Waals surface area contributed by atoms with Crippen LogP contribution in [0, 0.1) is 5.82 Å². The summed E-state index contributed by atoms with van der Waals surface area (Å²) >= 11 is 0.744. The first-order chi connectivity index (χ1) is 11.5. The van der Waals surface area contributed by atoms with Crippen LogP contribution in [-0.4, -0.2) is 26.3 Å². The monoisotopic (exact) mass is 345 g/mol. The lowest BCUT2D eigenvalue weighted by Gasteiger charge is -2.12. The van der Waals surface area contributed by atoms with Gasteiger partial charge in [-0.2, -0.15) is 0 Å². The number of halogens is 1. The number of hydrogen-bond donors (Lipinski definition) is 2. The number of carbonyl (C=O) groups is 2. The van der Waals surface area contributed by atoms with E-state index in [1.165, 1.54) is 42.5 Å². The fourth-order valence-electron chi connectivity index (χ4n) is 2.21. The van der Waals surface area contributed by atoms with Crippen molar-refractivity contribution >= 4 is 29.0 Å². The Morgan fingerprint density at radius 1 is 1.08 bits per heavy atom. The molecule has 1 aliphatic rings. The van der Waals surface area contributed by atoms with E-state index in [4.69, 9.17) is 0 Å². The van der Waals surface area contributed by atoms with Crippen molar-refractivity contribution in [2.45, 2.75) is 6.54 Å². The minimum absolute atomic E-state index is 0.143. The van der Waals surface area contributed by atoms with Gasteiger partial charge in [-0.05, 0) is 41.6 Å². The van der Waals surface area contributed by atoms with Crippen LogP contribution in [0.5, 0.6) is 11.5 Å². The largest absolute Gasteiger partial charge is 0.504 e. The Morgan fingerprint density at radius 3 is 2.54 bits per heavy atom. The van der Waals surface area contributed by atoms with Gasteiger partial charge in [0, 0.05) is 5.56 Å². The van der Waals surface area contributed by atoms with Crippen molar-refractivity contribution in [1.29, 1.82) is 0 Å². The molecule has 0 radical (unpaired) electrons. The van der Waals surface area contributed by atoms with Gasteiger partial charge < -0.3 is 10.2 Å². The normalized spacial score (nSPS) is 16.2. The van der Waals surface area contributed by atoms with E-state index in [1.807, 2.05) is 0 Å². The number of hydrogen-bond acceptors (Lipinski definition) is 5. The summed E-state index contributed by atoms with van der Waals surface area (Å²) in [6, 6.07) is 10.0. The molecule has 0 atom stereocenters. The fraction of sp³-hybridized carbons (Fsp3) is 0.0588. The minimum atomic E-state index is -0.527. The molecule has 7 heteroatoms. The lowest BCUT2D eigenvalue weighted by Crippen LogP contribution is -2.27. The SMILES string of the molecule is O=C1S/C(=C\c2ccc(O)c(O)c2)C(=O)N1Cc1ccccc1F. The lowest BCUT2D eigenvalue weighted by molar-refractivity contribution is -0.123. The zero-order chi connectivity index (χ0) is 17.3. The van der Waals surface area contributed by atoms with Gasteiger partial charge >= 0.3 is 0 Å². The molecule has 122 valence electrons. The number of carbonyl (C=O) groups excluding carboxylic acids is 2.